The number of sulfonamides is 1. The zero-order chi connectivity index (χ0) is 26.3. The van der Waals surface area contributed by atoms with Crippen LogP contribution in [0.15, 0.2) is 83.8 Å². The highest BCUT2D eigenvalue weighted by atomic mass is 35.5. The third-order valence-corrected chi connectivity index (χ3v) is 7.99. The van der Waals surface area contributed by atoms with Gasteiger partial charge in [0.25, 0.3) is 10.0 Å². The summed E-state index contributed by atoms with van der Waals surface area (Å²) < 4.78 is 28.5. The lowest BCUT2D eigenvalue weighted by molar-refractivity contribution is -0.140. The van der Waals surface area contributed by atoms with Gasteiger partial charge < -0.3 is 10.2 Å². The van der Waals surface area contributed by atoms with Crippen LogP contribution in [-0.2, 0) is 26.2 Å². The zero-order valence-electron chi connectivity index (χ0n) is 20.5. The van der Waals surface area contributed by atoms with Crippen LogP contribution in [0.3, 0.4) is 0 Å². The molecule has 0 spiro atoms. The Bertz CT molecular complexity index is 1320. The summed E-state index contributed by atoms with van der Waals surface area (Å²) in [6.45, 7) is 3.21. The first-order valence-electron chi connectivity index (χ1n) is 11.6. The van der Waals surface area contributed by atoms with E-state index < -0.39 is 28.5 Å². The van der Waals surface area contributed by atoms with E-state index in [1.54, 1.807) is 67.6 Å². The van der Waals surface area contributed by atoms with E-state index in [1.165, 1.54) is 24.1 Å². The number of nitrogens with zero attached hydrogens (tertiary/aromatic N) is 2. The molecule has 3 rings (SSSR count). The average molecular weight is 528 g/mol. The minimum atomic E-state index is -4.08. The lowest BCUT2D eigenvalue weighted by Gasteiger charge is -2.33. The quantitative estimate of drug-likeness (QED) is 0.423. The monoisotopic (exact) mass is 527 g/mol. The second-order valence-electron chi connectivity index (χ2n) is 8.32. The van der Waals surface area contributed by atoms with Crippen molar-refractivity contribution < 1.29 is 18.0 Å². The maximum Gasteiger partial charge on any atom is 0.264 e. The van der Waals surface area contributed by atoms with Crippen molar-refractivity contribution in [2.45, 2.75) is 37.8 Å². The molecular weight excluding hydrogens is 498 g/mol. The number of nitrogens with one attached hydrogen (secondary N) is 1. The molecule has 0 saturated heterocycles. The Morgan fingerprint density at radius 2 is 1.64 bits per heavy atom. The Morgan fingerprint density at radius 1 is 0.972 bits per heavy atom. The summed E-state index contributed by atoms with van der Waals surface area (Å²) in [6.07, 6.45) is 0.339. The minimum absolute atomic E-state index is 0.0531. The fourth-order valence-electron chi connectivity index (χ4n) is 3.93. The van der Waals surface area contributed by atoms with Crippen molar-refractivity contribution in [3.63, 3.8) is 0 Å². The molecule has 9 heteroatoms. The highest BCUT2D eigenvalue weighted by Gasteiger charge is 2.33. The summed E-state index contributed by atoms with van der Waals surface area (Å²) >= 11 is 6.36. The molecule has 0 aliphatic heterocycles. The Hall–Kier alpha value is -3.36. The molecule has 0 saturated carbocycles. The van der Waals surface area contributed by atoms with Crippen molar-refractivity contribution in [2.24, 2.45) is 0 Å². The largest absolute Gasteiger partial charge is 0.357 e. The van der Waals surface area contributed by atoms with E-state index in [2.05, 4.69) is 5.32 Å². The summed E-state index contributed by atoms with van der Waals surface area (Å²) in [5, 5.41) is 3.06. The van der Waals surface area contributed by atoms with Crippen molar-refractivity contribution in [3.8, 4) is 0 Å². The van der Waals surface area contributed by atoms with Gasteiger partial charge in [-0.15, -0.1) is 0 Å². The molecule has 1 N–H and O–H groups in total. The molecule has 0 fully saturated rings. The number of carbonyl (C=O) groups is 2. The lowest BCUT2D eigenvalue weighted by Crippen LogP contribution is -2.51. The Labute approximate surface area is 217 Å². The fraction of sp³-hybridized carbons (Fsp3) is 0.259. The zero-order valence-corrected chi connectivity index (χ0v) is 22.1. The van der Waals surface area contributed by atoms with E-state index in [4.69, 9.17) is 11.6 Å². The number of likely N-dealkylation sites (N-methyl/N-ethyl adjacent to an activating group) is 1. The summed E-state index contributed by atoms with van der Waals surface area (Å²) in [5.74, 6) is -0.864. The van der Waals surface area contributed by atoms with Crippen molar-refractivity contribution in [1.82, 2.24) is 10.2 Å². The van der Waals surface area contributed by atoms with Crippen LogP contribution in [0, 0.1) is 6.92 Å². The number of benzene rings is 3. The molecule has 0 unspecified atom stereocenters. The average Bonchev–Trinajstić information content (AvgIpc) is 2.88. The second kappa shape index (κ2) is 12.1. The van der Waals surface area contributed by atoms with Gasteiger partial charge in [-0.05, 0) is 54.8 Å². The van der Waals surface area contributed by atoms with Crippen LogP contribution in [0.1, 0.15) is 24.5 Å². The van der Waals surface area contributed by atoms with Crippen LogP contribution in [0.25, 0.3) is 0 Å². The van der Waals surface area contributed by atoms with Crippen molar-refractivity contribution in [2.75, 3.05) is 17.9 Å². The van der Waals surface area contributed by atoms with Gasteiger partial charge in [-0.2, -0.15) is 0 Å². The van der Waals surface area contributed by atoms with E-state index in [0.717, 1.165) is 9.87 Å². The minimum Gasteiger partial charge on any atom is -0.357 e. The van der Waals surface area contributed by atoms with Crippen molar-refractivity contribution >= 4 is 39.1 Å². The third kappa shape index (κ3) is 6.25. The molecule has 2 amide bonds. The van der Waals surface area contributed by atoms with Gasteiger partial charge in [0.1, 0.15) is 12.6 Å². The molecule has 0 aliphatic rings. The number of hydrogen-bond donors (Lipinski definition) is 1. The maximum atomic E-state index is 13.8. The number of hydrogen-bond acceptors (Lipinski definition) is 4. The lowest BCUT2D eigenvalue weighted by atomic mass is 10.1. The molecule has 0 heterocycles. The van der Waals surface area contributed by atoms with Gasteiger partial charge in [0.15, 0.2) is 0 Å². The Morgan fingerprint density at radius 3 is 2.25 bits per heavy atom. The number of amides is 2. The number of rotatable bonds is 10. The molecule has 0 aliphatic carbocycles. The number of anilines is 1. The van der Waals surface area contributed by atoms with Gasteiger partial charge in [0, 0.05) is 18.6 Å². The number of aryl methyl sites for hydroxylation is 1. The first kappa shape index (κ1) is 27.2. The molecule has 7 nitrogen and oxygen atoms in total. The van der Waals surface area contributed by atoms with Crippen LogP contribution in [0.2, 0.25) is 5.02 Å². The predicted molar refractivity (Wildman–Crippen MR) is 142 cm³/mol. The van der Waals surface area contributed by atoms with Crippen LogP contribution >= 0.6 is 11.6 Å². The Balaban J connectivity index is 2.06. The second-order valence-corrected chi connectivity index (χ2v) is 10.6. The highest BCUT2D eigenvalue weighted by molar-refractivity contribution is 7.92. The number of carbonyl (C=O) groups excluding carboxylic acids is 2. The topological polar surface area (TPSA) is 86.8 Å². The predicted octanol–water partition coefficient (Wildman–Crippen LogP) is 4.40. The normalized spacial score (nSPS) is 12.0. The first-order valence-corrected chi connectivity index (χ1v) is 13.4. The molecule has 0 radical (unpaired) electrons. The smallest absolute Gasteiger partial charge is 0.264 e. The molecule has 3 aromatic carbocycles. The van der Waals surface area contributed by atoms with Gasteiger partial charge in [0.05, 0.1) is 10.6 Å². The standard InChI is InChI=1S/C27H30ClN3O4S/c1-4-25(27(33)29-3)30(18-21-12-8-9-16-24(21)28)26(32)19-31(22-13-10-11-20(2)17-22)36(34,35)23-14-6-5-7-15-23/h5-17,25H,4,18-19H2,1-3H3,(H,29,33)/t25-/m0/s1. The molecule has 3 aromatic rings. The van der Waals surface area contributed by atoms with Gasteiger partial charge in [-0.25, -0.2) is 8.42 Å². The summed E-state index contributed by atoms with van der Waals surface area (Å²) in [7, 11) is -2.58. The van der Waals surface area contributed by atoms with E-state index in [9.17, 15) is 18.0 Å². The molecule has 0 aromatic heterocycles. The van der Waals surface area contributed by atoms with Gasteiger partial charge in [0.2, 0.25) is 11.8 Å². The molecule has 190 valence electrons. The molecule has 1 atom stereocenters. The molecule has 0 bridgehead atoms. The van der Waals surface area contributed by atoms with E-state index in [0.29, 0.717) is 22.7 Å². The first-order chi connectivity index (χ1) is 17.2. The summed E-state index contributed by atoms with van der Waals surface area (Å²) in [6, 6.07) is 21.2. The van der Waals surface area contributed by atoms with Crippen LogP contribution < -0.4 is 9.62 Å². The van der Waals surface area contributed by atoms with Crippen LogP contribution in [0.4, 0.5) is 5.69 Å². The SMILES string of the molecule is CC[C@@H](C(=O)NC)N(Cc1ccccc1Cl)C(=O)CN(c1cccc(C)c1)S(=O)(=O)c1ccccc1. The molecule has 36 heavy (non-hydrogen) atoms. The summed E-state index contributed by atoms with van der Waals surface area (Å²) in [4.78, 5) is 28.0. The van der Waals surface area contributed by atoms with Gasteiger partial charge in [-0.1, -0.05) is 67.1 Å². The van der Waals surface area contributed by atoms with Gasteiger partial charge >= 0.3 is 0 Å². The fourth-order valence-corrected chi connectivity index (χ4v) is 5.55. The Kier molecular flexibility index (Phi) is 9.12. The van der Waals surface area contributed by atoms with Crippen molar-refractivity contribution in [3.05, 3.63) is 95.0 Å². The maximum absolute atomic E-state index is 13.8. The molecular formula is C27H30ClN3O4S. The van der Waals surface area contributed by atoms with E-state index in [-0.39, 0.29) is 17.3 Å². The highest BCUT2D eigenvalue weighted by Crippen LogP contribution is 2.26. The van der Waals surface area contributed by atoms with Crippen LogP contribution in [0.5, 0.6) is 0 Å². The number of halogens is 1. The summed E-state index contributed by atoms with van der Waals surface area (Å²) in [5.41, 5.74) is 1.86. The van der Waals surface area contributed by atoms with Gasteiger partial charge in [-0.3, -0.25) is 13.9 Å². The third-order valence-electron chi connectivity index (χ3n) is 5.83. The van der Waals surface area contributed by atoms with E-state index in [1.807, 2.05) is 13.0 Å². The van der Waals surface area contributed by atoms with E-state index >= 15 is 0 Å². The van der Waals surface area contributed by atoms with Crippen molar-refractivity contribution in [1.29, 1.82) is 0 Å². The van der Waals surface area contributed by atoms with Crippen LogP contribution in [-0.4, -0.2) is 44.8 Å².